The van der Waals surface area contributed by atoms with Crippen LogP contribution in [0.2, 0.25) is 0 Å². The first kappa shape index (κ1) is 29.2. The van der Waals surface area contributed by atoms with Crippen molar-refractivity contribution < 1.29 is 9.84 Å². The van der Waals surface area contributed by atoms with E-state index < -0.39 is 0 Å². The number of hydrogen-bond acceptors (Lipinski definition) is 2. The van der Waals surface area contributed by atoms with Crippen LogP contribution in [0.25, 0.3) is 0 Å². The maximum atomic E-state index is 10.9. The minimum Gasteiger partial charge on any atom is -0.507 e. The highest BCUT2D eigenvalue weighted by atomic mass is 16.6. The van der Waals surface area contributed by atoms with Crippen LogP contribution >= 0.6 is 0 Å². The highest BCUT2D eigenvalue weighted by Crippen LogP contribution is 2.41. The Bertz CT molecular complexity index is 672. The fourth-order valence-corrected chi connectivity index (χ4v) is 5.16. The third-order valence-corrected chi connectivity index (χ3v) is 7.50. The van der Waals surface area contributed by atoms with Gasteiger partial charge < -0.3 is 9.84 Å². The van der Waals surface area contributed by atoms with E-state index in [0.717, 1.165) is 17.5 Å². The lowest BCUT2D eigenvalue weighted by atomic mass is 9.78. The average molecular weight is 473 g/mol. The summed E-state index contributed by atoms with van der Waals surface area (Å²) in [7, 11) is 0. The summed E-state index contributed by atoms with van der Waals surface area (Å²) in [5, 5.41) is 10.9. The van der Waals surface area contributed by atoms with E-state index in [0.29, 0.717) is 18.0 Å². The molecule has 1 aliphatic rings. The van der Waals surface area contributed by atoms with Crippen molar-refractivity contribution in [2.75, 3.05) is 0 Å². The van der Waals surface area contributed by atoms with Gasteiger partial charge in [0, 0.05) is 6.42 Å². The van der Waals surface area contributed by atoms with Crippen LogP contribution in [0.5, 0.6) is 5.75 Å². The van der Waals surface area contributed by atoms with Crippen LogP contribution in [0.15, 0.2) is 12.1 Å². The molecule has 1 N–H and O–H groups in total. The molecule has 2 nitrogen and oxygen atoms in total. The van der Waals surface area contributed by atoms with Gasteiger partial charge in [-0.05, 0) is 33.9 Å². The monoisotopic (exact) mass is 472 g/mol. The summed E-state index contributed by atoms with van der Waals surface area (Å²) in [4.78, 5) is 0. The van der Waals surface area contributed by atoms with E-state index in [1.165, 1.54) is 95.5 Å². The standard InChI is InChI=1S/C32H56O2/c1-8-9-10-11-12-13-14-15-16-17-18-19-20-21-28-29(34-28)24-25-22-26(31(2,3)4)30(33)27(23-25)32(5,6)7/h22-23,28-29,33H,8-21,24H2,1-7H3. The van der Waals surface area contributed by atoms with Crippen LogP contribution in [0, 0.1) is 0 Å². The summed E-state index contributed by atoms with van der Waals surface area (Å²) in [6, 6.07) is 4.43. The second-order valence-electron chi connectivity index (χ2n) is 13.0. The van der Waals surface area contributed by atoms with Crippen molar-refractivity contribution in [2.45, 2.75) is 168 Å². The number of phenolic OH excluding ortho intramolecular Hbond substituents is 1. The van der Waals surface area contributed by atoms with Gasteiger partial charge in [-0.25, -0.2) is 0 Å². The number of ether oxygens (including phenoxy) is 1. The molecule has 1 aromatic rings. The van der Waals surface area contributed by atoms with Gasteiger partial charge in [0.1, 0.15) is 5.75 Å². The molecule has 1 aromatic carbocycles. The molecule has 34 heavy (non-hydrogen) atoms. The molecule has 1 fully saturated rings. The Morgan fingerprint density at radius 1 is 0.647 bits per heavy atom. The van der Waals surface area contributed by atoms with Crippen LogP contribution in [0.4, 0.5) is 0 Å². The van der Waals surface area contributed by atoms with Crippen molar-refractivity contribution in [1.29, 1.82) is 0 Å². The van der Waals surface area contributed by atoms with E-state index in [2.05, 4.69) is 60.6 Å². The first-order valence-corrected chi connectivity index (χ1v) is 14.6. The molecule has 0 spiro atoms. The minimum atomic E-state index is -0.0709. The Hall–Kier alpha value is -1.02. The molecule has 2 heteroatoms. The summed E-state index contributed by atoms with van der Waals surface area (Å²) < 4.78 is 6.05. The molecule has 2 atom stereocenters. The second kappa shape index (κ2) is 13.9. The summed E-state index contributed by atoms with van der Waals surface area (Å²) in [6.45, 7) is 15.4. The van der Waals surface area contributed by atoms with Crippen molar-refractivity contribution in [3.05, 3.63) is 28.8 Å². The van der Waals surface area contributed by atoms with Crippen molar-refractivity contribution in [3.8, 4) is 5.75 Å². The molecule has 0 radical (unpaired) electrons. The Kier molecular flexibility index (Phi) is 11.9. The van der Waals surface area contributed by atoms with Crippen molar-refractivity contribution in [1.82, 2.24) is 0 Å². The molecule has 0 aliphatic carbocycles. The van der Waals surface area contributed by atoms with Gasteiger partial charge in [0.2, 0.25) is 0 Å². The van der Waals surface area contributed by atoms with Crippen molar-refractivity contribution in [3.63, 3.8) is 0 Å². The number of aromatic hydroxyl groups is 1. The Labute approximate surface area is 212 Å². The number of benzene rings is 1. The molecule has 0 amide bonds. The molecule has 0 saturated carbocycles. The van der Waals surface area contributed by atoms with Gasteiger partial charge in [-0.3, -0.25) is 0 Å². The van der Waals surface area contributed by atoms with Gasteiger partial charge in [0.15, 0.2) is 0 Å². The zero-order valence-electron chi connectivity index (χ0n) is 23.8. The quantitative estimate of drug-likeness (QED) is 0.192. The van der Waals surface area contributed by atoms with Crippen LogP contribution in [0.3, 0.4) is 0 Å². The molecular formula is C32H56O2. The number of rotatable bonds is 16. The highest BCUT2D eigenvalue weighted by Gasteiger charge is 2.38. The number of unbranched alkanes of at least 4 members (excludes halogenated alkanes) is 12. The van der Waals surface area contributed by atoms with E-state index >= 15 is 0 Å². The van der Waals surface area contributed by atoms with E-state index in [9.17, 15) is 5.11 Å². The van der Waals surface area contributed by atoms with Crippen molar-refractivity contribution >= 4 is 0 Å². The molecular weight excluding hydrogens is 416 g/mol. The zero-order chi connectivity index (χ0) is 25.2. The fourth-order valence-electron chi connectivity index (χ4n) is 5.16. The third kappa shape index (κ3) is 10.3. The molecule has 2 unspecified atom stereocenters. The molecule has 1 heterocycles. The van der Waals surface area contributed by atoms with E-state index in [4.69, 9.17) is 4.74 Å². The Morgan fingerprint density at radius 3 is 1.47 bits per heavy atom. The number of epoxide rings is 1. The van der Waals surface area contributed by atoms with Crippen molar-refractivity contribution in [2.24, 2.45) is 0 Å². The molecule has 196 valence electrons. The zero-order valence-corrected chi connectivity index (χ0v) is 23.8. The summed E-state index contributed by atoms with van der Waals surface area (Å²) >= 11 is 0. The highest BCUT2D eigenvalue weighted by molar-refractivity contribution is 5.50. The lowest BCUT2D eigenvalue weighted by Gasteiger charge is -2.28. The van der Waals surface area contributed by atoms with Gasteiger partial charge in [0.05, 0.1) is 12.2 Å². The van der Waals surface area contributed by atoms with Gasteiger partial charge in [-0.2, -0.15) is 0 Å². The normalized spacial score (nSPS) is 18.4. The topological polar surface area (TPSA) is 32.8 Å². The van der Waals surface area contributed by atoms with Crippen LogP contribution in [0.1, 0.15) is 155 Å². The average Bonchev–Trinajstić information content (AvgIpc) is 3.48. The fraction of sp³-hybridized carbons (Fsp3) is 0.812. The van der Waals surface area contributed by atoms with Crippen LogP contribution in [-0.4, -0.2) is 17.3 Å². The third-order valence-electron chi connectivity index (χ3n) is 7.50. The first-order chi connectivity index (χ1) is 16.0. The SMILES string of the molecule is CCCCCCCCCCCCCCCC1OC1Cc1cc(C(C)(C)C)c(O)c(C(C)(C)C)c1. The first-order valence-electron chi connectivity index (χ1n) is 14.6. The predicted molar refractivity (Wildman–Crippen MR) is 148 cm³/mol. The van der Waals surface area contributed by atoms with Crippen LogP contribution < -0.4 is 0 Å². The maximum absolute atomic E-state index is 10.9. The number of hydrogen-bond donors (Lipinski definition) is 1. The van der Waals surface area contributed by atoms with Crippen LogP contribution in [-0.2, 0) is 22.0 Å². The lowest BCUT2D eigenvalue weighted by Crippen LogP contribution is -2.18. The van der Waals surface area contributed by atoms with E-state index in [-0.39, 0.29) is 10.8 Å². The van der Waals surface area contributed by atoms with Gasteiger partial charge in [-0.15, -0.1) is 0 Å². The smallest absolute Gasteiger partial charge is 0.123 e. The Balaban J connectivity index is 1.63. The van der Waals surface area contributed by atoms with Gasteiger partial charge >= 0.3 is 0 Å². The number of phenols is 1. The molecule has 1 aliphatic heterocycles. The molecule has 2 rings (SSSR count). The molecule has 1 saturated heterocycles. The molecule has 0 aromatic heterocycles. The van der Waals surface area contributed by atoms with E-state index in [1.807, 2.05) is 0 Å². The summed E-state index contributed by atoms with van der Waals surface area (Å²) in [5.74, 6) is 0.476. The second-order valence-corrected chi connectivity index (χ2v) is 13.0. The summed E-state index contributed by atoms with van der Waals surface area (Å²) in [6.07, 6.45) is 21.3. The largest absolute Gasteiger partial charge is 0.507 e. The summed E-state index contributed by atoms with van der Waals surface area (Å²) in [5.41, 5.74) is 3.29. The lowest BCUT2D eigenvalue weighted by molar-refractivity contribution is 0.356. The maximum Gasteiger partial charge on any atom is 0.123 e. The van der Waals surface area contributed by atoms with E-state index in [1.54, 1.807) is 0 Å². The predicted octanol–water partition coefficient (Wildman–Crippen LogP) is 9.78. The molecule has 0 bridgehead atoms. The van der Waals surface area contributed by atoms with Gasteiger partial charge in [0.25, 0.3) is 0 Å². The van der Waals surface area contributed by atoms with Gasteiger partial charge in [-0.1, -0.05) is 144 Å². The minimum absolute atomic E-state index is 0.0709. The Morgan fingerprint density at radius 2 is 1.06 bits per heavy atom.